The molecule has 3 aromatic rings. The number of fused-ring (bicyclic) bond motifs is 1. The van der Waals surface area contributed by atoms with E-state index in [0.717, 1.165) is 16.3 Å². The molecule has 2 aliphatic rings. The Kier molecular flexibility index (Phi) is 8.27. The summed E-state index contributed by atoms with van der Waals surface area (Å²) >= 11 is 0. The van der Waals surface area contributed by atoms with Gasteiger partial charge in [0, 0.05) is 13.1 Å². The molecule has 1 unspecified atom stereocenters. The maximum atomic E-state index is 13.8. The van der Waals surface area contributed by atoms with E-state index in [9.17, 15) is 27.9 Å². The van der Waals surface area contributed by atoms with Gasteiger partial charge in [-0.15, -0.1) is 0 Å². The predicted octanol–water partition coefficient (Wildman–Crippen LogP) is 2.98. The summed E-state index contributed by atoms with van der Waals surface area (Å²) in [6.45, 7) is 2.32. The molecule has 0 bridgehead atoms. The van der Waals surface area contributed by atoms with Crippen LogP contribution in [0.1, 0.15) is 31.7 Å². The third kappa shape index (κ3) is 6.20. The molecular weight excluding hydrogens is 544 g/mol. The number of benzene rings is 3. The fourth-order valence-corrected chi connectivity index (χ4v) is 7.18. The second kappa shape index (κ2) is 11.9. The zero-order valence-electron chi connectivity index (χ0n) is 22.8. The molecule has 0 spiro atoms. The highest BCUT2D eigenvalue weighted by atomic mass is 32.2. The molecule has 4 atom stereocenters. The fraction of sp³-hybridized carbons (Fsp3) is 0.367. The molecule has 10 nitrogen and oxygen atoms in total. The maximum Gasteiger partial charge on any atom is 0.404 e. The van der Waals surface area contributed by atoms with Crippen LogP contribution in [0, 0.1) is 0 Å². The highest BCUT2D eigenvalue weighted by molar-refractivity contribution is 7.89. The minimum absolute atomic E-state index is 0.0700. The number of piperidine rings is 1. The van der Waals surface area contributed by atoms with Gasteiger partial charge in [0.25, 0.3) is 0 Å². The number of carboxylic acid groups (broad SMARTS) is 1. The van der Waals surface area contributed by atoms with Gasteiger partial charge in [-0.3, -0.25) is 9.59 Å². The topological polar surface area (TPSA) is 136 Å². The van der Waals surface area contributed by atoms with E-state index in [-0.39, 0.29) is 23.8 Å². The number of rotatable bonds is 8. The largest absolute Gasteiger partial charge is 0.465 e. The Hall–Kier alpha value is -3.96. The second-order valence-corrected chi connectivity index (χ2v) is 12.4. The summed E-state index contributed by atoms with van der Waals surface area (Å²) in [6.07, 6.45) is 0.776. The lowest BCUT2D eigenvalue weighted by atomic mass is 9.90. The van der Waals surface area contributed by atoms with E-state index in [2.05, 4.69) is 10.0 Å². The molecule has 2 saturated heterocycles. The van der Waals surface area contributed by atoms with Gasteiger partial charge in [0.2, 0.25) is 21.8 Å². The molecule has 216 valence electrons. The highest BCUT2D eigenvalue weighted by Crippen LogP contribution is 2.26. The summed E-state index contributed by atoms with van der Waals surface area (Å²) in [4.78, 5) is 41.9. The smallest absolute Gasteiger partial charge is 0.404 e. The molecule has 0 aliphatic carbocycles. The minimum atomic E-state index is -3.98. The maximum absolute atomic E-state index is 13.8. The molecular formula is C30H34N4O6S. The Balaban J connectivity index is 1.30. The quantitative estimate of drug-likeness (QED) is 0.376. The van der Waals surface area contributed by atoms with Gasteiger partial charge in [0.15, 0.2) is 0 Å². The van der Waals surface area contributed by atoms with Crippen molar-refractivity contribution in [2.45, 2.75) is 61.7 Å². The van der Waals surface area contributed by atoms with E-state index in [4.69, 9.17) is 0 Å². The number of hydrogen-bond donors (Lipinski definition) is 3. The summed E-state index contributed by atoms with van der Waals surface area (Å²) in [5, 5.41) is 13.7. The molecule has 41 heavy (non-hydrogen) atoms. The van der Waals surface area contributed by atoms with E-state index in [0.29, 0.717) is 25.8 Å². The number of sulfonamides is 1. The van der Waals surface area contributed by atoms with Crippen LogP contribution in [0.25, 0.3) is 10.8 Å². The number of nitrogens with one attached hydrogen (secondary N) is 2. The Bertz CT molecular complexity index is 1550. The first-order valence-electron chi connectivity index (χ1n) is 13.8. The lowest BCUT2D eigenvalue weighted by Crippen LogP contribution is -2.61. The molecule has 2 aliphatic heterocycles. The normalized spacial score (nSPS) is 22.1. The highest BCUT2D eigenvalue weighted by Gasteiger charge is 2.43. The first-order valence-corrected chi connectivity index (χ1v) is 15.3. The number of carbonyl (C=O) groups excluding carboxylic acids is 2. The number of amides is 3. The van der Waals surface area contributed by atoms with Gasteiger partial charge in [-0.25, -0.2) is 13.2 Å². The van der Waals surface area contributed by atoms with Gasteiger partial charge in [-0.1, -0.05) is 60.7 Å². The molecule has 3 aromatic carbocycles. The summed E-state index contributed by atoms with van der Waals surface area (Å²) in [7, 11) is -3.98. The fourth-order valence-electron chi connectivity index (χ4n) is 5.92. The average Bonchev–Trinajstić information content (AvgIpc) is 3.32. The van der Waals surface area contributed by atoms with Crippen LogP contribution in [0.3, 0.4) is 0 Å². The molecule has 0 saturated carbocycles. The molecule has 0 radical (unpaired) electrons. The van der Waals surface area contributed by atoms with Crippen molar-refractivity contribution in [3.8, 4) is 0 Å². The van der Waals surface area contributed by atoms with Crippen LogP contribution < -0.4 is 10.0 Å². The zero-order chi connectivity index (χ0) is 29.1. The minimum Gasteiger partial charge on any atom is -0.465 e. The SMILES string of the molecule is C[C@@H](C(=O)N1CCC[C@@H](NC(=O)O)C1Cc1ccccc1)N1CC[C@H](NS(=O)(=O)c2ccc3ccccc3c2)C1=O. The van der Waals surface area contributed by atoms with E-state index in [1.807, 2.05) is 54.6 Å². The third-order valence-electron chi connectivity index (χ3n) is 8.05. The third-order valence-corrected chi connectivity index (χ3v) is 9.52. The van der Waals surface area contributed by atoms with Crippen molar-refractivity contribution in [1.82, 2.24) is 19.8 Å². The monoisotopic (exact) mass is 578 g/mol. The van der Waals surface area contributed by atoms with Crippen molar-refractivity contribution >= 4 is 38.7 Å². The van der Waals surface area contributed by atoms with Crippen molar-refractivity contribution in [1.29, 1.82) is 0 Å². The van der Waals surface area contributed by atoms with E-state index >= 15 is 0 Å². The number of likely N-dealkylation sites (tertiary alicyclic amines) is 2. The van der Waals surface area contributed by atoms with Crippen LogP contribution in [0.4, 0.5) is 4.79 Å². The van der Waals surface area contributed by atoms with Crippen LogP contribution in [0.2, 0.25) is 0 Å². The number of carbonyl (C=O) groups is 3. The Morgan fingerprint density at radius 3 is 2.41 bits per heavy atom. The van der Waals surface area contributed by atoms with Crippen molar-refractivity contribution < 1.29 is 27.9 Å². The van der Waals surface area contributed by atoms with Gasteiger partial charge < -0.3 is 20.2 Å². The van der Waals surface area contributed by atoms with Crippen molar-refractivity contribution in [3.63, 3.8) is 0 Å². The summed E-state index contributed by atoms with van der Waals surface area (Å²) in [5.74, 6) is -0.735. The van der Waals surface area contributed by atoms with Crippen molar-refractivity contribution in [2.24, 2.45) is 0 Å². The van der Waals surface area contributed by atoms with Gasteiger partial charge in [-0.2, -0.15) is 4.72 Å². The summed E-state index contributed by atoms with van der Waals surface area (Å²) < 4.78 is 28.9. The van der Waals surface area contributed by atoms with Gasteiger partial charge in [0.1, 0.15) is 12.1 Å². The molecule has 3 N–H and O–H groups in total. The second-order valence-electron chi connectivity index (χ2n) is 10.7. The lowest BCUT2D eigenvalue weighted by Gasteiger charge is -2.43. The first kappa shape index (κ1) is 28.6. The standard InChI is InChI=1S/C30H34N4O6S/c1-20(28(35)34-16-7-12-25(31-30(37)38)27(34)18-21-8-3-2-4-9-21)33-17-15-26(29(33)36)32-41(39,40)24-14-13-22-10-5-6-11-23(22)19-24/h2-6,8-11,13-14,19-20,25-27,31-32H,7,12,15-18H2,1H3,(H,37,38)/t20-,25+,26-,27?/m0/s1. The Morgan fingerprint density at radius 2 is 1.68 bits per heavy atom. The van der Waals surface area contributed by atoms with E-state index in [1.54, 1.807) is 24.0 Å². The van der Waals surface area contributed by atoms with Gasteiger partial charge in [0.05, 0.1) is 17.0 Å². The number of nitrogens with zero attached hydrogens (tertiary/aromatic N) is 2. The Morgan fingerprint density at radius 1 is 0.976 bits per heavy atom. The molecule has 11 heteroatoms. The first-order chi connectivity index (χ1) is 19.6. The molecule has 5 rings (SSSR count). The number of hydrogen-bond acceptors (Lipinski definition) is 5. The lowest BCUT2D eigenvalue weighted by molar-refractivity contribution is -0.146. The average molecular weight is 579 g/mol. The van der Waals surface area contributed by atoms with Crippen LogP contribution >= 0.6 is 0 Å². The summed E-state index contributed by atoms with van der Waals surface area (Å²) in [6, 6.07) is 19.1. The predicted molar refractivity (Wildman–Crippen MR) is 154 cm³/mol. The molecule has 2 heterocycles. The van der Waals surface area contributed by atoms with Crippen LogP contribution in [-0.4, -0.2) is 78.5 Å². The molecule has 3 amide bonds. The van der Waals surface area contributed by atoms with E-state index < -0.39 is 46.2 Å². The van der Waals surface area contributed by atoms with Crippen molar-refractivity contribution in [3.05, 3.63) is 78.4 Å². The Labute approximate surface area is 239 Å². The summed E-state index contributed by atoms with van der Waals surface area (Å²) in [5.41, 5.74) is 0.974. The van der Waals surface area contributed by atoms with Crippen molar-refractivity contribution in [2.75, 3.05) is 13.1 Å². The van der Waals surface area contributed by atoms with E-state index in [1.165, 1.54) is 11.0 Å². The van der Waals surface area contributed by atoms with Crippen LogP contribution in [-0.2, 0) is 26.0 Å². The van der Waals surface area contributed by atoms with Crippen LogP contribution in [0.15, 0.2) is 77.7 Å². The molecule has 2 fully saturated rings. The zero-order valence-corrected chi connectivity index (χ0v) is 23.6. The molecule has 0 aromatic heterocycles. The van der Waals surface area contributed by atoms with Crippen LogP contribution in [0.5, 0.6) is 0 Å². The van der Waals surface area contributed by atoms with Gasteiger partial charge in [-0.05, 0) is 61.1 Å². The van der Waals surface area contributed by atoms with Gasteiger partial charge >= 0.3 is 6.09 Å².